The second kappa shape index (κ2) is 5.32. The molecule has 1 aromatic carbocycles. The molecule has 3 rings (SSSR count). The molecule has 5 nitrogen and oxygen atoms in total. The lowest BCUT2D eigenvalue weighted by Gasteiger charge is -2.11. The summed E-state index contributed by atoms with van der Waals surface area (Å²) in [6, 6.07) is 7.50. The monoisotopic (exact) mass is 257 g/mol. The van der Waals surface area contributed by atoms with Gasteiger partial charge in [0.2, 0.25) is 0 Å². The van der Waals surface area contributed by atoms with Crippen LogP contribution in [0.5, 0.6) is 0 Å². The van der Waals surface area contributed by atoms with Crippen molar-refractivity contribution in [3.63, 3.8) is 0 Å². The van der Waals surface area contributed by atoms with Crippen LogP contribution in [0.4, 0.5) is 0 Å². The van der Waals surface area contributed by atoms with Gasteiger partial charge in [0.25, 0.3) is 5.91 Å². The number of aromatic nitrogens is 2. The number of hydrogen-bond donors (Lipinski definition) is 1. The van der Waals surface area contributed by atoms with E-state index < -0.39 is 0 Å². The first-order valence-corrected chi connectivity index (χ1v) is 6.44. The fourth-order valence-corrected chi connectivity index (χ4v) is 2.28. The van der Waals surface area contributed by atoms with Crippen LogP contribution in [0.15, 0.2) is 30.6 Å². The van der Waals surface area contributed by atoms with Crippen molar-refractivity contribution in [3.05, 3.63) is 36.3 Å². The predicted octanol–water partition coefficient (Wildman–Crippen LogP) is 1.54. The molecule has 1 aromatic heterocycles. The van der Waals surface area contributed by atoms with E-state index in [4.69, 9.17) is 4.74 Å². The number of carbonyl (C=O) groups is 1. The van der Waals surface area contributed by atoms with Gasteiger partial charge in [-0.3, -0.25) is 4.79 Å². The maximum atomic E-state index is 12.2. The number of amides is 1. The number of ether oxygens (including phenoxy) is 1. The van der Waals surface area contributed by atoms with Gasteiger partial charge in [0.15, 0.2) is 0 Å². The van der Waals surface area contributed by atoms with Crippen LogP contribution in [0.1, 0.15) is 23.3 Å². The summed E-state index contributed by atoms with van der Waals surface area (Å²) in [5.74, 6) is -0.172. The molecule has 19 heavy (non-hydrogen) atoms. The summed E-state index contributed by atoms with van der Waals surface area (Å²) < 4.78 is 5.48. The number of hydrogen-bond acceptors (Lipinski definition) is 4. The number of fused-ring (bicyclic) bond motifs is 1. The lowest BCUT2D eigenvalue weighted by atomic mass is 10.1. The van der Waals surface area contributed by atoms with Crippen molar-refractivity contribution in [3.8, 4) is 0 Å². The molecule has 2 heterocycles. The van der Waals surface area contributed by atoms with E-state index in [1.54, 1.807) is 0 Å². The Kier molecular flexibility index (Phi) is 3.37. The highest BCUT2D eigenvalue weighted by atomic mass is 16.5. The van der Waals surface area contributed by atoms with E-state index in [9.17, 15) is 4.79 Å². The van der Waals surface area contributed by atoms with Crippen LogP contribution >= 0.6 is 0 Å². The smallest absolute Gasteiger partial charge is 0.270 e. The van der Waals surface area contributed by atoms with Gasteiger partial charge in [-0.2, -0.15) is 0 Å². The Labute approximate surface area is 111 Å². The molecule has 0 aliphatic carbocycles. The highest BCUT2D eigenvalue weighted by Gasteiger charge is 2.18. The van der Waals surface area contributed by atoms with Gasteiger partial charge in [0, 0.05) is 18.5 Å². The minimum atomic E-state index is -0.172. The van der Waals surface area contributed by atoms with Crippen molar-refractivity contribution in [2.24, 2.45) is 0 Å². The van der Waals surface area contributed by atoms with Crippen LogP contribution in [0.25, 0.3) is 10.9 Å². The van der Waals surface area contributed by atoms with Gasteiger partial charge in [-0.1, -0.05) is 18.2 Å². The highest BCUT2D eigenvalue weighted by molar-refractivity contribution is 6.04. The zero-order chi connectivity index (χ0) is 13.1. The SMILES string of the molecule is O=C(NCC1CCCO1)c1ncnc2ccccc12. The Morgan fingerprint density at radius 3 is 3.11 bits per heavy atom. The van der Waals surface area contributed by atoms with Crippen LogP contribution in [0, 0.1) is 0 Å². The number of rotatable bonds is 3. The summed E-state index contributed by atoms with van der Waals surface area (Å²) in [6.45, 7) is 1.33. The molecule has 2 aromatic rings. The van der Waals surface area contributed by atoms with Crippen LogP contribution in [-0.2, 0) is 4.74 Å². The molecular weight excluding hydrogens is 242 g/mol. The molecule has 0 radical (unpaired) electrons. The molecule has 1 aliphatic heterocycles. The van der Waals surface area contributed by atoms with Crippen LogP contribution in [0.2, 0.25) is 0 Å². The summed E-state index contributed by atoms with van der Waals surface area (Å²) in [5.41, 5.74) is 1.20. The number of nitrogens with one attached hydrogen (secondary N) is 1. The summed E-state index contributed by atoms with van der Waals surface area (Å²) in [7, 11) is 0. The molecule has 5 heteroatoms. The fourth-order valence-electron chi connectivity index (χ4n) is 2.28. The van der Waals surface area contributed by atoms with Crippen molar-refractivity contribution in [1.82, 2.24) is 15.3 Å². The van der Waals surface area contributed by atoms with E-state index in [1.807, 2.05) is 24.3 Å². The molecule has 1 unspecified atom stereocenters. The maximum absolute atomic E-state index is 12.2. The molecule has 1 amide bonds. The Morgan fingerprint density at radius 2 is 2.26 bits per heavy atom. The standard InChI is InChI=1S/C14H15N3O2/c18-14(15-8-10-4-3-7-19-10)13-11-5-1-2-6-12(11)16-9-17-13/h1-2,5-6,9-10H,3-4,7-8H2,(H,15,18). The van der Waals surface area contributed by atoms with Gasteiger partial charge in [-0.15, -0.1) is 0 Å². The van der Waals surface area contributed by atoms with E-state index in [1.165, 1.54) is 6.33 Å². The zero-order valence-electron chi connectivity index (χ0n) is 10.5. The number of para-hydroxylation sites is 1. The molecule has 0 spiro atoms. The molecule has 1 aliphatic rings. The van der Waals surface area contributed by atoms with Crippen molar-refractivity contribution < 1.29 is 9.53 Å². The normalized spacial score (nSPS) is 18.6. The van der Waals surface area contributed by atoms with Crippen molar-refractivity contribution in [2.75, 3.05) is 13.2 Å². The first-order valence-electron chi connectivity index (χ1n) is 6.44. The number of carbonyl (C=O) groups excluding carboxylic acids is 1. The van der Waals surface area contributed by atoms with E-state index >= 15 is 0 Å². The maximum Gasteiger partial charge on any atom is 0.270 e. The van der Waals surface area contributed by atoms with Crippen LogP contribution < -0.4 is 5.32 Å². The number of benzene rings is 1. The predicted molar refractivity (Wildman–Crippen MR) is 70.8 cm³/mol. The van der Waals surface area contributed by atoms with Gasteiger partial charge in [0.05, 0.1) is 11.6 Å². The Balaban J connectivity index is 1.77. The molecule has 1 fully saturated rings. The minimum Gasteiger partial charge on any atom is -0.376 e. The molecular formula is C14H15N3O2. The van der Waals surface area contributed by atoms with Crippen molar-refractivity contribution in [1.29, 1.82) is 0 Å². The van der Waals surface area contributed by atoms with Gasteiger partial charge >= 0.3 is 0 Å². The molecule has 0 saturated carbocycles. The second-order valence-corrected chi connectivity index (χ2v) is 4.58. The van der Waals surface area contributed by atoms with E-state index in [0.29, 0.717) is 12.2 Å². The summed E-state index contributed by atoms with van der Waals surface area (Å²) in [4.78, 5) is 20.4. The van der Waals surface area contributed by atoms with E-state index in [0.717, 1.165) is 30.4 Å². The van der Waals surface area contributed by atoms with E-state index in [-0.39, 0.29) is 12.0 Å². The second-order valence-electron chi connectivity index (χ2n) is 4.58. The van der Waals surface area contributed by atoms with E-state index in [2.05, 4.69) is 15.3 Å². The fraction of sp³-hybridized carbons (Fsp3) is 0.357. The van der Waals surface area contributed by atoms with Crippen LogP contribution in [-0.4, -0.2) is 35.1 Å². The highest BCUT2D eigenvalue weighted by Crippen LogP contribution is 2.14. The number of nitrogens with zero attached hydrogens (tertiary/aromatic N) is 2. The minimum absolute atomic E-state index is 0.136. The first kappa shape index (κ1) is 12.0. The van der Waals surface area contributed by atoms with Crippen molar-refractivity contribution >= 4 is 16.8 Å². The third-order valence-corrected chi connectivity index (χ3v) is 3.27. The first-order chi connectivity index (χ1) is 9.34. The van der Waals surface area contributed by atoms with Gasteiger partial charge in [0.1, 0.15) is 12.0 Å². The average molecular weight is 257 g/mol. The Hall–Kier alpha value is -2.01. The lowest BCUT2D eigenvalue weighted by Crippen LogP contribution is -2.32. The lowest BCUT2D eigenvalue weighted by molar-refractivity contribution is 0.0855. The molecule has 1 saturated heterocycles. The molecule has 1 N–H and O–H groups in total. The third kappa shape index (κ3) is 2.56. The van der Waals surface area contributed by atoms with Gasteiger partial charge < -0.3 is 10.1 Å². The Bertz CT molecular complexity index is 589. The average Bonchev–Trinajstić information content (AvgIpc) is 2.97. The summed E-state index contributed by atoms with van der Waals surface area (Å²) in [6.07, 6.45) is 3.63. The summed E-state index contributed by atoms with van der Waals surface area (Å²) >= 11 is 0. The summed E-state index contributed by atoms with van der Waals surface area (Å²) in [5, 5.41) is 3.65. The van der Waals surface area contributed by atoms with Crippen LogP contribution in [0.3, 0.4) is 0 Å². The quantitative estimate of drug-likeness (QED) is 0.905. The van der Waals surface area contributed by atoms with Gasteiger partial charge in [-0.25, -0.2) is 9.97 Å². The van der Waals surface area contributed by atoms with Crippen molar-refractivity contribution in [2.45, 2.75) is 18.9 Å². The largest absolute Gasteiger partial charge is 0.376 e. The Morgan fingerprint density at radius 1 is 1.37 bits per heavy atom. The third-order valence-electron chi connectivity index (χ3n) is 3.27. The molecule has 1 atom stereocenters. The van der Waals surface area contributed by atoms with Gasteiger partial charge in [-0.05, 0) is 18.9 Å². The zero-order valence-corrected chi connectivity index (χ0v) is 10.5. The topological polar surface area (TPSA) is 64.1 Å². The molecule has 98 valence electrons. The molecule has 0 bridgehead atoms.